The standard InChI is InChI=1S/C12H21N3/c1-5-9(3)12(15-13)11-10(4)6-8(2)7-14-11/h6-7,9,12,15H,5,13H2,1-4H3. The van der Waals surface area contributed by atoms with Crippen LogP contribution in [0, 0.1) is 19.8 Å². The maximum Gasteiger partial charge on any atom is 0.0660 e. The zero-order chi connectivity index (χ0) is 11.4. The van der Waals surface area contributed by atoms with Crippen molar-refractivity contribution in [3.8, 4) is 0 Å². The van der Waals surface area contributed by atoms with E-state index in [1.54, 1.807) is 0 Å². The van der Waals surface area contributed by atoms with Crippen molar-refractivity contribution >= 4 is 0 Å². The molecule has 0 aliphatic carbocycles. The highest BCUT2D eigenvalue weighted by atomic mass is 15.2. The number of hydrazine groups is 1. The molecule has 1 aromatic heterocycles. The third-order valence-corrected chi connectivity index (χ3v) is 2.94. The molecule has 1 aromatic rings. The van der Waals surface area contributed by atoms with Gasteiger partial charge in [-0.1, -0.05) is 26.3 Å². The summed E-state index contributed by atoms with van der Waals surface area (Å²) in [5.41, 5.74) is 6.33. The highest BCUT2D eigenvalue weighted by molar-refractivity contribution is 5.25. The second-order valence-corrected chi connectivity index (χ2v) is 4.24. The van der Waals surface area contributed by atoms with Gasteiger partial charge in [0.05, 0.1) is 11.7 Å². The molecule has 0 aromatic carbocycles. The number of aromatic nitrogens is 1. The fraction of sp³-hybridized carbons (Fsp3) is 0.583. The van der Waals surface area contributed by atoms with Crippen LogP contribution in [-0.2, 0) is 0 Å². The molecule has 2 unspecified atom stereocenters. The minimum absolute atomic E-state index is 0.149. The van der Waals surface area contributed by atoms with Gasteiger partial charge < -0.3 is 0 Å². The van der Waals surface area contributed by atoms with Crippen LogP contribution in [0.5, 0.6) is 0 Å². The first-order chi connectivity index (χ1) is 7.10. The molecular weight excluding hydrogens is 186 g/mol. The average molecular weight is 207 g/mol. The molecule has 0 fully saturated rings. The van der Waals surface area contributed by atoms with Crippen molar-refractivity contribution in [2.45, 2.75) is 40.2 Å². The Hall–Kier alpha value is -0.930. The largest absolute Gasteiger partial charge is 0.271 e. The molecule has 3 heteroatoms. The van der Waals surface area contributed by atoms with E-state index in [-0.39, 0.29) is 6.04 Å². The second-order valence-electron chi connectivity index (χ2n) is 4.24. The third kappa shape index (κ3) is 2.76. The van der Waals surface area contributed by atoms with Gasteiger partial charge in [0, 0.05) is 6.20 Å². The molecule has 1 rings (SSSR count). The fourth-order valence-electron chi connectivity index (χ4n) is 1.80. The SMILES string of the molecule is CCC(C)C(NN)c1ncc(C)cc1C. The third-order valence-electron chi connectivity index (χ3n) is 2.94. The number of rotatable bonds is 4. The van der Waals surface area contributed by atoms with Gasteiger partial charge >= 0.3 is 0 Å². The van der Waals surface area contributed by atoms with Crippen LogP contribution in [0.25, 0.3) is 0 Å². The van der Waals surface area contributed by atoms with E-state index < -0.39 is 0 Å². The van der Waals surface area contributed by atoms with Gasteiger partial charge in [0.15, 0.2) is 0 Å². The molecule has 3 nitrogen and oxygen atoms in total. The Morgan fingerprint density at radius 3 is 2.60 bits per heavy atom. The summed E-state index contributed by atoms with van der Waals surface area (Å²) in [6.07, 6.45) is 2.99. The summed E-state index contributed by atoms with van der Waals surface area (Å²) in [5, 5.41) is 0. The summed E-state index contributed by atoms with van der Waals surface area (Å²) in [6, 6.07) is 2.30. The van der Waals surface area contributed by atoms with E-state index in [4.69, 9.17) is 5.84 Å². The maximum atomic E-state index is 5.60. The molecule has 3 N–H and O–H groups in total. The van der Waals surface area contributed by atoms with E-state index in [9.17, 15) is 0 Å². The summed E-state index contributed by atoms with van der Waals surface area (Å²) in [7, 11) is 0. The molecule has 0 spiro atoms. The highest BCUT2D eigenvalue weighted by Gasteiger charge is 2.19. The zero-order valence-electron chi connectivity index (χ0n) is 10.0. The Balaban J connectivity index is 3.01. The molecule has 0 amide bonds. The van der Waals surface area contributed by atoms with Crippen LogP contribution < -0.4 is 11.3 Å². The van der Waals surface area contributed by atoms with Gasteiger partial charge in [-0.15, -0.1) is 0 Å². The van der Waals surface area contributed by atoms with Crippen LogP contribution in [0.4, 0.5) is 0 Å². The van der Waals surface area contributed by atoms with Crippen molar-refractivity contribution in [1.29, 1.82) is 0 Å². The lowest BCUT2D eigenvalue weighted by molar-refractivity contribution is 0.374. The second kappa shape index (κ2) is 5.24. The smallest absolute Gasteiger partial charge is 0.0660 e. The van der Waals surface area contributed by atoms with E-state index in [0.717, 1.165) is 12.1 Å². The lowest BCUT2D eigenvalue weighted by Crippen LogP contribution is -2.33. The molecule has 84 valence electrons. The minimum Gasteiger partial charge on any atom is -0.271 e. The monoisotopic (exact) mass is 207 g/mol. The summed E-state index contributed by atoms with van der Waals surface area (Å²) in [5.74, 6) is 6.09. The van der Waals surface area contributed by atoms with Crippen molar-refractivity contribution in [3.05, 3.63) is 29.1 Å². The topological polar surface area (TPSA) is 50.9 Å². The van der Waals surface area contributed by atoms with Crippen molar-refractivity contribution in [1.82, 2.24) is 10.4 Å². The predicted molar refractivity (Wildman–Crippen MR) is 63.2 cm³/mol. The molecule has 0 saturated heterocycles. The molecule has 0 saturated carbocycles. The van der Waals surface area contributed by atoms with Gasteiger partial charge in [-0.05, 0) is 30.9 Å². The van der Waals surface area contributed by atoms with E-state index >= 15 is 0 Å². The van der Waals surface area contributed by atoms with Crippen LogP contribution in [0.15, 0.2) is 12.3 Å². The van der Waals surface area contributed by atoms with E-state index in [1.165, 1.54) is 11.1 Å². The van der Waals surface area contributed by atoms with Crippen molar-refractivity contribution < 1.29 is 0 Å². The molecule has 0 aliphatic rings. The Morgan fingerprint density at radius 2 is 2.13 bits per heavy atom. The number of pyridine rings is 1. The minimum atomic E-state index is 0.149. The molecular formula is C12H21N3. The van der Waals surface area contributed by atoms with Crippen LogP contribution in [0.1, 0.15) is 43.1 Å². The number of hydrogen-bond donors (Lipinski definition) is 2. The number of aryl methyl sites for hydroxylation is 2. The molecule has 1 heterocycles. The first-order valence-corrected chi connectivity index (χ1v) is 5.49. The first kappa shape index (κ1) is 12.1. The van der Waals surface area contributed by atoms with Gasteiger partial charge in [-0.3, -0.25) is 16.3 Å². The first-order valence-electron chi connectivity index (χ1n) is 5.49. The van der Waals surface area contributed by atoms with Gasteiger partial charge in [-0.25, -0.2) is 0 Å². The number of nitrogens with zero attached hydrogens (tertiary/aromatic N) is 1. The normalized spacial score (nSPS) is 15.0. The van der Waals surface area contributed by atoms with E-state index in [0.29, 0.717) is 5.92 Å². The van der Waals surface area contributed by atoms with Crippen molar-refractivity contribution in [2.24, 2.45) is 11.8 Å². The fourth-order valence-corrected chi connectivity index (χ4v) is 1.80. The Labute approximate surface area is 92.1 Å². The Kier molecular flexibility index (Phi) is 4.24. The Bertz CT molecular complexity index is 323. The summed E-state index contributed by atoms with van der Waals surface area (Å²) in [4.78, 5) is 4.48. The number of hydrogen-bond acceptors (Lipinski definition) is 3. The lowest BCUT2D eigenvalue weighted by Gasteiger charge is -2.23. The summed E-state index contributed by atoms with van der Waals surface area (Å²) >= 11 is 0. The van der Waals surface area contributed by atoms with E-state index in [2.05, 4.69) is 44.2 Å². The van der Waals surface area contributed by atoms with Crippen LogP contribution in [-0.4, -0.2) is 4.98 Å². The number of nitrogens with two attached hydrogens (primary N) is 1. The molecule has 15 heavy (non-hydrogen) atoms. The number of nitrogens with one attached hydrogen (secondary N) is 1. The van der Waals surface area contributed by atoms with Crippen LogP contribution in [0.2, 0.25) is 0 Å². The highest BCUT2D eigenvalue weighted by Crippen LogP contribution is 2.24. The van der Waals surface area contributed by atoms with Crippen LogP contribution in [0.3, 0.4) is 0 Å². The van der Waals surface area contributed by atoms with E-state index in [1.807, 2.05) is 6.20 Å². The summed E-state index contributed by atoms with van der Waals surface area (Å²) < 4.78 is 0. The predicted octanol–water partition coefficient (Wildman–Crippen LogP) is 2.25. The average Bonchev–Trinajstić information content (AvgIpc) is 2.21. The lowest BCUT2D eigenvalue weighted by atomic mass is 9.94. The van der Waals surface area contributed by atoms with Crippen molar-refractivity contribution in [3.63, 3.8) is 0 Å². The van der Waals surface area contributed by atoms with Crippen molar-refractivity contribution in [2.75, 3.05) is 0 Å². The summed E-state index contributed by atoms with van der Waals surface area (Å²) in [6.45, 7) is 8.49. The van der Waals surface area contributed by atoms with Gasteiger partial charge in [0.2, 0.25) is 0 Å². The van der Waals surface area contributed by atoms with Gasteiger partial charge in [-0.2, -0.15) is 0 Å². The zero-order valence-corrected chi connectivity index (χ0v) is 10.0. The van der Waals surface area contributed by atoms with Crippen LogP contribution >= 0.6 is 0 Å². The molecule has 0 bridgehead atoms. The molecule has 0 aliphatic heterocycles. The Morgan fingerprint density at radius 1 is 1.47 bits per heavy atom. The van der Waals surface area contributed by atoms with Gasteiger partial charge in [0.1, 0.15) is 0 Å². The molecule has 2 atom stereocenters. The molecule has 0 radical (unpaired) electrons. The van der Waals surface area contributed by atoms with Gasteiger partial charge in [0.25, 0.3) is 0 Å². The maximum absolute atomic E-state index is 5.60. The quantitative estimate of drug-likeness (QED) is 0.588.